The molecular formula is C8H12N2O2. The molecule has 0 amide bonds. The molecule has 0 radical (unpaired) electrons. The molecule has 1 rings (SSSR count). The first-order chi connectivity index (χ1) is 5.83. The zero-order valence-electron chi connectivity index (χ0n) is 7.23. The van der Waals surface area contributed by atoms with E-state index in [0.29, 0.717) is 6.61 Å². The SMILES string of the molecule is COC(C)OCc1cnccn1. The van der Waals surface area contributed by atoms with E-state index in [1.807, 2.05) is 6.92 Å². The van der Waals surface area contributed by atoms with Crippen LogP contribution in [0.1, 0.15) is 12.6 Å². The van der Waals surface area contributed by atoms with Crippen LogP contribution in [0, 0.1) is 0 Å². The Labute approximate surface area is 71.6 Å². The maximum absolute atomic E-state index is 5.25. The predicted molar refractivity (Wildman–Crippen MR) is 43.3 cm³/mol. The quantitative estimate of drug-likeness (QED) is 0.629. The van der Waals surface area contributed by atoms with Crippen molar-refractivity contribution in [3.8, 4) is 0 Å². The van der Waals surface area contributed by atoms with Gasteiger partial charge in [-0.05, 0) is 6.92 Å². The number of hydrogen-bond donors (Lipinski definition) is 0. The monoisotopic (exact) mass is 168 g/mol. The average Bonchev–Trinajstić information content (AvgIpc) is 2.16. The lowest BCUT2D eigenvalue weighted by atomic mass is 10.5. The molecule has 0 fully saturated rings. The molecule has 0 aromatic carbocycles. The molecule has 4 nitrogen and oxygen atoms in total. The molecule has 1 aromatic heterocycles. The maximum Gasteiger partial charge on any atom is 0.154 e. The third-order valence-electron chi connectivity index (χ3n) is 1.41. The molecule has 1 atom stereocenters. The van der Waals surface area contributed by atoms with E-state index in [1.165, 1.54) is 0 Å². The number of hydrogen-bond acceptors (Lipinski definition) is 4. The third-order valence-corrected chi connectivity index (χ3v) is 1.41. The van der Waals surface area contributed by atoms with Crippen LogP contribution in [0.15, 0.2) is 18.6 Å². The highest BCUT2D eigenvalue weighted by Gasteiger charge is 1.99. The number of ether oxygens (including phenoxy) is 2. The number of methoxy groups -OCH3 is 1. The van der Waals surface area contributed by atoms with Crippen molar-refractivity contribution in [1.82, 2.24) is 9.97 Å². The van der Waals surface area contributed by atoms with Crippen molar-refractivity contribution in [2.45, 2.75) is 19.8 Å². The standard InChI is InChI=1S/C8H12N2O2/c1-7(11-2)12-6-8-5-9-3-4-10-8/h3-5,7H,6H2,1-2H3. The lowest BCUT2D eigenvalue weighted by molar-refractivity contribution is -0.119. The zero-order chi connectivity index (χ0) is 8.81. The summed E-state index contributed by atoms with van der Waals surface area (Å²) < 4.78 is 10.2. The van der Waals surface area contributed by atoms with Crippen LogP contribution in [-0.2, 0) is 16.1 Å². The second-order valence-electron chi connectivity index (χ2n) is 2.31. The Morgan fingerprint density at radius 1 is 1.50 bits per heavy atom. The number of aromatic nitrogens is 2. The first kappa shape index (κ1) is 9.09. The highest BCUT2D eigenvalue weighted by molar-refractivity contribution is 4.91. The summed E-state index contributed by atoms with van der Waals surface area (Å²) in [6, 6.07) is 0. The molecule has 0 saturated heterocycles. The summed E-state index contributed by atoms with van der Waals surface area (Å²) >= 11 is 0. The van der Waals surface area contributed by atoms with Crippen molar-refractivity contribution >= 4 is 0 Å². The molecule has 1 unspecified atom stereocenters. The fourth-order valence-corrected chi connectivity index (χ4v) is 0.675. The molecule has 12 heavy (non-hydrogen) atoms. The van der Waals surface area contributed by atoms with Gasteiger partial charge in [-0.15, -0.1) is 0 Å². The van der Waals surface area contributed by atoms with Crippen LogP contribution in [0.4, 0.5) is 0 Å². The molecule has 1 aromatic rings. The van der Waals surface area contributed by atoms with E-state index in [-0.39, 0.29) is 6.29 Å². The van der Waals surface area contributed by atoms with Gasteiger partial charge in [0.05, 0.1) is 18.5 Å². The zero-order valence-corrected chi connectivity index (χ0v) is 7.23. The summed E-state index contributed by atoms with van der Waals surface area (Å²) in [5, 5.41) is 0. The fraction of sp³-hybridized carbons (Fsp3) is 0.500. The van der Waals surface area contributed by atoms with E-state index in [2.05, 4.69) is 9.97 Å². The number of rotatable bonds is 4. The molecule has 0 bridgehead atoms. The predicted octanol–water partition coefficient (Wildman–Crippen LogP) is 0.986. The van der Waals surface area contributed by atoms with Crippen LogP contribution in [-0.4, -0.2) is 23.4 Å². The molecule has 0 aliphatic rings. The Kier molecular flexibility index (Phi) is 3.63. The lowest BCUT2D eigenvalue weighted by Crippen LogP contribution is -2.10. The molecular weight excluding hydrogens is 156 g/mol. The van der Waals surface area contributed by atoms with Gasteiger partial charge in [0, 0.05) is 19.5 Å². The summed E-state index contributed by atoms with van der Waals surface area (Å²) in [4.78, 5) is 7.95. The van der Waals surface area contributed by atoms with Crippen molar-refractivity contribution in [1.29, 1.82) is 0 Å². The Hall–Kier alpha value is -1.00. The summed E-state index contributed by atoms with van der Waals surface area (Å²) in [6.45, 7) is 2.26. The van der Waals surface area contributed by atoms with Gasteiger partial charge >= 0.3 is 0 Å². The largest absolute Gasteiger partial charge is 0.356 e. The Bertz CT molecular complexity index is 216. The van der Waals surface area contributed by atoms with Gasteiger partial charge in [-0.3, -0.25) is 9.97 Å². The molecule has 0 N–H and O–H groups in total. The second-order valence-corrected chi connectivity index (χ2v) is 2.31. The van der Waals surface area contributed by atoms with Gasteiger partial charge in [0.15, 0.2) is 6.29 Å². The summed E-state index contributed by atoms with van der Waals surface area (Å²) in [5.74, 6) is 0. The normalized spacial score (nSPS) is 12.8. The fourth-order valence-electron chi connectivity index (χ4n) is 0.675. The Morgan fingerprint density at radius 3 is 2.92 bits per heavy atom. The van der Waals surface area contributed by atoms with Crippen LogP contribution in [0.25, 0.3) is 0 Å². The maximum atomic E-state index is 5.25. The molecule has 0 saturated carbocycles. The summed E-state index contributed by atoms with van der Waals surface area (Å²) in [7, 11) is 1.60. The summed E-state index contributed by atoms with van der Waals surface area (Å²) in [6.07, 6.45) is 4.73. The minimum atomic E-state index is -0.202. The van der Waals surface area contributed by atoms with Crippen molar-refractivity contribution in [3.63, 3.8) is 0 Å². The van der Waals surface area contributed by atoms with E-state index in [4.69, 9.17) is 9.47 Å². The van der Waals surface area contributed by atoms with Crippen LogP contribution in [0.5, 0.6) is 0 Å². The van der Waals surface area contributed by atoms with Crippen molar-refractivity contribution in [2.24, 2.45) is 0 Å². The average molecular weight is 168 g/mol. The van der Waals surface area contributed by atoms with Crippen LogP contribution < -0.4 is 0 Å². The van der Waals surface area contributed by atoms with Crippen LogP contribution in [0.2, 0.25) is 0 Å². The van der Waals surface area contributed by atoms with E-state index in [0.717, 1.165) is 5.69 Å². The Morgan fingerprint density at radius 2 is 2.33 bits per heavy atom. The highest BCUT2D eigenvalue weighted by Crippen LogP contribution is 1.98. The summed E-state index contributed by atoms with van der Waals surface area (Å²) in [5.41, 5.74) is 0.807. The number of nitrogens with zero attached hydrogens (tertiary/aromatic N) is 2. The molecule has 0 aliphatic heterocycles. The Balaban J connectivity index is 2.33. The topological polar surface area (TPSA) is 44.2 Å². The van der Waals surface area contributed by atoms with E-state index >= 15 is 0 Å². The van der Waals surface area contributed by atoms with Crippen LogP contribution >= 0.6 is 0 Å². The van der Waals surface area contributed by atoms with Gasteiger partial charge in [0.2, 0.25) is 0 Å². The minimum Gasteiger partial charge on any atom is -0.356 e. The lowest BCUT2D eigenvalue weighted by Gasteiger charge is -2.09. The van der Waals surface area contributed by atoms with Gasteiger partial charge in [-0.25, -0.2) is 0 Å². The van der Waals surface area contributed by atoms with Gasteiger partial charge in [0.1, 0.15) is 0 Å². The molecule has 66 valence electrons. The van der Waals surface area contributed by atoms with Gasteiger partial charge in [-0.2, -0.15) is 0 Å². The van der Waals surface area contributed by atoms with E-state index < -0.39 is 0 Å². The second kappa shape index (κ2) is 4.79. The third kappa shape index (κ3) is 2.94. The van der Waals surface area contributed by atoms with Gasteiger partial charge in [0.25, 0.3) is 0 Å². The first-order valence-electron chi connectivity index (χ1n) is 3.72. The molecule has 0 aliphatic carbocycles. The first-order valence-corrected chi connectivity index (χ1v) is 3.72. The van der Waals surface area contributed by atoms with Gasteiger partial charge < -0.3 is 9.47 Å². The highest BCUT2D eigenvalue weighted by atomic mass is 16.7. The van der Waals surface area contributed by atoms with E-state index in [9.17, 15) is 0 Å². The van der Waals surface area contributed by atoms with Crippen molar-refractivity contribution in [3.05, 3.63) is 24.3 Å². The van der Waals surface area contributed by atoms with Gasteiger partial charge in [-0.1, -0.05) is 0 Å². The van der Waals surface area contributed by atoms with Crippen molar-refractivity contribution < 1.29 is 9.47 Å². The molecule has 1 heterocycles. The molecule has 4 heteroatoms. The minimum absolute atomic E-state index is 0.202. The van der Waals surface area contributed by atoms with E-state index in [1.54, 1.807) is 25.7 Å². The smallest absolute Gasteiger partial charge is 0.154 e. The van der Waals surface area contributed by atoms with Crippen molar-refractivity contribution in [2.75, 3.05) is 7.11 Å². The van der Waals surface area contributed by atoms with Crippen LogP contribution in [0.3, 0.4) is 0 Å². The molecule has 0 spiro atoms.